The fourth-order valence-electron chi connectivity index (χ4n) is 1.66. The second-order valence-corrected chi connectivity index (χ2v) is 4.32. The van der Waals surface area contributed by atoms with Crippen LogP contribution in [0.5, 0.6) is 5.75 Å². The van der Waals surface area contributed by atoms with E-state index in [1.807, 2.05) is 0 Å². The maximum atomic E-state index is 11.9. The van der Waals surface area contributed by atoms with Crippen LogP contribution in [0, 0.1) is 0 Å². The molecule has 0 spiro atoms. The minimum atomic E-state index is -0.185. The summed E-state index contributed by atoms with van der Waals surface area (Å²) in [4.78, 5) is 15.8. The van der Waals surface area contributed by atoms with Gasteiger partial charge in [-0.1, -0.05) is 11.6 Å². The lowest BCUT2D eigenvalue weighted by molar-refractivity contribution is 0.0950. The van der Waals surface area contributed by atoms with Crippen molar-refractivity contribution in [3.63, 3.8) is 0 Å². The van der Waals surface area contributed by atoms with Gasteiger partial charge in [0.2, 0.25) is 0 Å². The largest absolute Gasteiger partial charge is 0.496 e. The van der Waals surface area contributed by atoms with Gasteiger partial charge in [0.25, 0.3) is 5.91 Å². The molecule has 98 valence electrons. The number of ether oxygens (including phenoxy) is 1. The van der Waals surface area contributed by atoms with Gasteiger partial charge < -0.3 is 10.1 Å². The maximum absolute atomic E-state index is 11.9. The molecule has 2 aromatic rings. The first-order chi connectivity index (χ1) is 9.20. The number of benzene rings is 1. The third-order valence-electron chi connectivity index (χ3n) is 2.61. The highest BCUT2D eigenvalue weighted by atomic mass is 35.5. The third kappa shape index (κ3) is 3.45. The van der Waals surface area contributed by atoms with Crippen LogP contribution in [0.4, 0.5) is 0 Å². The van der Waals surface area contributed by atoms with Crippen molar-refractivity contribution in [3.05, 3.63) is 58.9 Å². The molecule has 0 unspecified atom stereocenters. The number of halogens is 1. The van der Waals surface area contributed by atoms with Gasteiger partial charge in [0.1, 0.15) is 5.75 Å². The fourth-order valence-corrected chi connectivity index (χ4v) is 1.85. The third-order valence-corrected chi connectivity index (χ3v) is 2.84. The molecule has 5 heteroatoms. The molecule has 1 amide bonds. The predicted octanol–water partition coefficient (Wildman–Crippen LogP) is 2.67. The summed E-state index contributed by atoms with van der Waals surface area (Å²) >= 11 is 5.93. The number of aromatic nitrogens is 1. The summed E-state index contributed by atoms with van der Waals surface area (Å²) in [7, 11) is 1.58. The number of amides is 1. The molecular weight excluding hydrogens is 264 g/mol. The molecule has 19 heavy (non-hydrogen) atoms. The first-order valence-electron chi connectivity index (χ1n) is 5.71. The number of rotatable bonds is 4. The number of carbonyl (C=O) groups excluding carboxylic acids is 1. The standard InChI is InChI=1S/C14H13ClN2O2/c1-19-13-5-4-12(15)7-11(13)9-17-14(18)10-3-2-6-16-8-10/h2-8H,9H2,1H3,(H,17,18). The first kappa shape index (κ1) is 13.4. The summed E-state index contributed by atoms with van der Waals surface area (Å²) in [5.74, 6) is 0.506. The summed E-state index contributed by atoms with van der Waals surface area (Å²) in [6.07, 6.45) is 3.14. The lowest BCUT2D eigenvalue weighted by Crippen LogP contribution is -2.23. The molecule has 0 aliphatic rings. The second kappa shape index (κ2) is 6.20. The van der Waals surface area contributed by atoms with E-state index in [4.69, 9.17) is 16.3 Å². The molecule has 1 heterocycles. The number of pyridine rings is 1. The van der Waals surface area contributed by atoms with Crippen molar-refractivity contribution < 1.29 is 9.53 Å². The highest BCUT2D eigenvalue weighted by molar-refractivity contribution is 6.30. The van der Waals surface area contributed by atoms with Gasteiger partial charge in [-0.05, 0) is 30.3 Å². The average molecular weight is 277 g/mol. The van der Waals surface area contributed by atoms with Gasteiger partial charge in [0.05, 0.1) is 12.7 Å². The van der Waals surface area contributed by atoms with Crippen LogP contribution in [0.15, 0.2) is 42.7 Å². The summed E-state index contributed by atoms with van der Waals surface area (Å²) in [5.41, 5.74) is 1.34. The zero-order valence-corrected chi connectivity index (χ0v) is 11.1. The van der Waals surface area contributed by atoms with Crippen molar-refractivity contribution in [1.29, 1.82) is 0 Å². The van der Waals surface area contributed by atoms with Crippen molar-refractivity contribution in [1.82, 2.24) is 10.3 Å². The summed E-state index contributed by atoms with van der Waals surface area (Å²) in [5, 5.41) is 3.40. The van der Waals surface area contributed by atoms with Gasteiger partial charge in [0, 0.05) is 29.5 Å². The molecule has 0 radical (unpaired) electrons. The molecule has 2 rings (SSSR count). The molecule has 0 fully saturated rings. The van der Waals surface area contributed by atoms with E-state index in [0.29, 0.717) is 22.9 Å². The van der Waals surface area contributed by atoms with Crippen LogP contribution in [-0.4, -0.2) is 18.0 Å². The van der Waals surface area contributed by atoms with Crippen LogP contribution in [0.1, 0.15) is 15.9 Å². The maximum Gasteiger partial charge on any atom is 0.253 e. The normalized spacial score (nSPS) is 10.0. The minimum Gasteiger partial charge on any atom is -0.496 e. The van der Waals surface area contributed by atoms with Gasteiger partial charge in [-0.2, -0.15) is 0 Å². The Morgan fingerprint density at radius 2 is 2.26 bits per heavy atom. The van der Waals surface area contributed by atoms with Gasteiger partial charge in [0.15, 0.2) is 0 Å². The van der Waals surface area contributed by atoms with Crippen molar-refractivity contribution in [2.75, 3.05) is 7.11 Å². The molecule has 4 nitrogen and oxygen atoms in total. The van der Waals surface area contributed by atoms with E-state index < -0.39 is 0 Å². The predicted molar refractivity (Wildman–Crippen MR) is 73.4 cm³/mol. The highest BCUT2D eigenvalue weighted by Gasteiger charge is 2.08. The lowest BCUT2D eigenvalue weighted by Gasteiger charge is -2.10. The Morgan fingerprint density at radius 1 is 1.42 bits per heavy atom. The molecule has 0 aliphatic carbocycles. The van der Waals surface area contributed by atoms with Crippen molar-refractivity contribution in [2.24, 2.45) is 0 Å². The van der Waals surface area contributed by atoms with Crippen molar-refractivity contribution in [2.45, 2.75) is 6.54 Å². The lowest BCUT2D eigenvalue weighted by atomic mass is 10.2. The van der Waals surface area contributed by atoms with E-state index in [-0.39, 0.29) is 5.91 Å². The van der Waals surface area contributed by atoms with Crippen LogP contribution in [0.2, 0.25) is 5.02 Å². The zero-order chi connectivity index (χ0) is 13.7. The topological polar surface area (TPSA) is 51.2 Å². The number of methoxy groups -OCH3 is 1. The zero-order valence-electron chi connectivity index (χ0n) is 10.4. The van der Waals surface area contributed by atoms with Crippen molar-refractivity contribution >= 4 is 17.5 Å². The Kier molecular flexibility index (Phi) is 4.36. The molecule has 0 saturated carbocycles. The Balaban J connectivity index is 2.07. The summed E-state index contributed by atoms with van der Waals surface area (Å²) < 4.78 is 5.22. The number of nitrogens with zero attached hydrogens (tertiary/aromatic N) is 1. The quantitative estimate of drug-likeness (QED) is 0.934. The smallest absolute Gasteiger partial charge is 0.253 e. The van der Waals surface area contributed by atoms with Gasteiger partial charge in [-0.3, -0.25) is 9.78 Å². The van der Waals surface area contributed by atoms with E-state index in [1.54, 1.807) is 43.6 Å². The molecule has 1 N–H and O–H groups in total. The van der Waals surface area contributed by atoms with Crippen molar-refractivity contribution in [3.8, 4) is 5.75 Å². The van der Waals surface area contributed by atoms with Crippen LogP contribution in [0.3, 0.4) is 0 Å². The van der Waals surface area contributed by atoms with Gasteiger partial charge in [-0.25, -0.2) is 0 Å². The molecular formula is C14H13ClN2O2. The van der Waals surface area contributed by atoms with Crippen LogP contribution in [-0.2, 0) is 6.54 Å². The van der Waals surface area contributed by atoms with E-state index in [9.17, 15) is 4.79 Å². The van der Waals surface area contributed by atoms with E-state index in [2.05, 4.69) is 10.3 Å². The number of hydrogen-bond donors (Lipinski definition) is 1. The van der Waals surface area contributed by atoms with E-state index in [1.165, 1.54) is 6.20 Å². The van der Waals surface area contributed by atoms with E-state index >= 15 is 0 Å². The summed E-state index contributed by atoms with van der Waals surface area (Å²) in [6, 6.07) is 8.71. The van der Waals surface area contributed by atoms with Crippen LogP contribution < -0.4 is 10.1 Å². The van der Waals surface area contributed by atoms with Crippen LogP contribution in [0.25, 0.3) is 0 Å². The molecule has 1 aromatic heterocycles. The fraction of sp³-hybridized carbons (Fsp3) is 0.143. The van der Waals surface area contributed by atoms with Crippen LogP contribution >= 0.6 is 11.6 Å². The molecule has 0 atom stereocenters. The Morgan fingerprint density at radius 3 is 2.95 bits per heavy atom. The Labute approximate surface area is 116 Å². The highest BCUT2D eigenvalue weighted by Crippen LogP contribution is 2.22. The number of nitrogens with one attached hydrogen (secondary N) is 1. The summed E-state index contributed by atoms with van der Waals surface area (Å²) in [6.45, 7) is 0.345. The Bertz CT molecular complexity index is 573. The molecule has 0 bridgehead atoms. The molecule has 0 saturated heterocycles. The number of carbonyl (C=O) groups is 1. The average Bonchev–Trinajstić information content (AvgIpc) is 2.46. The molecule has 1 aromatic carbocycles. The Hall–Kier alpha value is -2.07. The number of hydrogen-bond acceptors (Lipinski definition) is 3. The first-order valence-corrected chi connectivity index (χ1v) is 6.09. The van der Waals surface area contributed by atoms with Gasteiger partial charge in [-0.15, -0.1) is 0 Å². The molecule has 0 aliphatic heterocycles. The van der Waals surface area contributed by atoms with E-state index in [0.717, 1.165) is 5.56 Å². The van der Waals surface area contributed by atoms with Gasteiger partial charge >= 0.3 is 0 Å². The minimum absolute atomic E-state index is 0.185. The SMILES string of the molecule is COc1ccc(Cl)cc1CNC(=O)c1cccnc1. The second-order valence-electron chi connectivity index (χ2n) is 3.88. The monoisotopic (exact) mass is 276 g/mol.